The lowest BCUT2D eigenvalue weighted by atomic mass is 9.76. The van der Waals surface area contributed by atoms with E-state index in [9.17, 15) is 14.4 Å². The predicted molar refractivity (Wildman–Crippen MR) is 92.0 cm³/mol. The van der Waals surface area contributed by atoms with E-state index >= 15 is 0 Å². The third kappa shape index (κ3) is 4.57. The second-order valence-corrected chi connectivity index (χ2v) is 6.31. The Bertz CT molecular complexity index is 711. The number of nitrogens with two attached hydrogens (primary N) is 1. The molecule has 2 atom stereocenters. The quantitative estimate of drug-likeness (QED) is 0.627. The highest BCUT2D eigenvalue weighted by atomic mass is 16.2. The van der Waals surface area contributed by atoms with Gasteiger partial charge in [-0.3, -0.25) is 19.3 Å². The Kier molecular flexibility index (Phi) is 6.12. The van der Waals surface area contributed by atoms with Crippen molar-refractivity contribution in [2.24, 2.45) is 17.6 Å². The van der Waals surface area contributed by atoms with Crippen LogP contribution in [0.1, 0.15) is 42.5 Å². The van der Waals surface area contributed by atoms with Crippen LogP contribution in [-0.4, -0.2) is 29.7 Å². The van der Waals surface area contributed by atoms with Crippen LogP contribution in [0.4, 0.5) is 5.69 Å². The highest BCUT2D eigenvalue weighted by molar-refractivity contribution is 6.03. The van der Waals surface area contributed by atoms with Crippen LogP contribution in [0.15, 0.2) is 24.3 Å². The van der Waals surface area contributed by atoms with Gasteiger partial charge in [0.05, 0.1) is 11.3 Å². The number of nitrogens with one attached hydrogen (secondary N) is 1. The van der Waals surface area contributed by atoms with Gasteiger partial charge in [-0.15, -0.1) is 0 Å². The molecule has 1 aliphatic rings. The molecule has 0 spiro atoms. The average Bonchev–Trinajstić information content (AvgIpc) is 2.61. The molecule has 132 valence electrons. The van der Waals surface area contributed by atoms with E-state index in [1.807, 2.05) is 6.19 Å². The lowest BCUT2D eigenvalue weighted by Crippen LogP contribution is -2.37. The number of nitriles is 1. The normalized spacial score (nSPS) is 19.5. The molecule has 1 aliphatic carbocycles. The summed E-state index contributed by atoms with van der Waals surface area (Å²) in [5.74, 6) is -1.55. The first-order chi connectivity index (χ1) is 11.9. The van der Waals surface area contributed by atoms with E-state index in [0.717, 1.165) is 24.2 Å². The lowest BCUT2D eigenvalue weighted by Gasteiger charge is -2.31. The SMILES string of the molecule is CN(C#N)C(=O)[C@@H]1CCCC[C@H]1CC(=O)Nc1ccccc1C(N)=O. The third-order valence-corrected chi connectivity index (χ3v) is 4.62. The summed E-state index contributed by atoms with van der Waals surface area (Å²) in [6, 6.07) is 6.54. The zero-order chi connectivity index (χ0) is 18.4. The van der Waals surface area contributed by atoms with Crippen LogP contribution in [0.25, 0.3) is 0 Å². The minimum atomic E-state index is -0.614. The van der Waals surface area contributed by atoms with Crippen LogP contribution in [0.5, 0.6) is 0 Å². The second kappa shape index (κ2) is 8.29. The highest BCUT2D eigenvalue weighted by Crippen LogP contribution is 2.34. The van der Waals surface area contributed by atoms with Gasteiger partial charge in [0.2, 0.25) is 11.8 Å². The minimum absolute atomic E-state index is 0.113. The van der Waals surface area contributed by atoms with E-state index < -0.39 is 5.91 Å². The fraction of sp³-hybridized carbons (Fsp3) is 0.444. The summed E-state index contributed by atoms with van der Waals surface area (Å²) in [5.41, 5.74) is 5.93. The molecule has 3 amide bonds. The molecule has 2 rings (SSSR count). The molecule has 1 saturated carbocycles. The van der Waals surface area contributed by atoms with Crippen molar-refractivity contribution in [1.82, 2.24) is 4.90 Å². The standard InChI is InChI=1S/C18H22N4O3/c1-22(11-19)18(25)13-7-3-2-6-12(13)10-16(23)21-15-9-5-4-8-14(15)17(20)24/h4-5,8-9,12-13H,2-3,6-7,10H2,1H3,(H2,20,24)(H,21,23)/t12-,13+/m0/s1. The van der Waals surface area contributed by atoms with Gasteiger partial charge in [-0.1, -0.05) is 25.0 Å². The molecule has 0 radical (unpaired) electrons. The fourth-order valence-corrected chi connectivity index (χ4v) is 3.32. The van der Waals surface area contributed by atoms with Crippen molar-refractivity contribution < 1.29 is 14.4 Å². The van der Waals surface area contributed by atoms with Gasteiger partial charge >= 0.3 is 0 Å². The molecule has 1 aromatic carbocycles. The van der Waals surface area contributed by atoms with Gasteiger partial charge in [-0.05, 0) is 30.9 Å². The minimum Gasteiger partial charge on any atom is -0.366 e. The maximum absolute atomic E-state index is 12.4. The molecule has 0 aliphatic heterocycles. The van der Waals surface area contributed by atoms with Crippen molar-refractivity contribution in [2.75, 3.05) is 12.4 Å². The largest absolute Gasteiger partial charge is 0.366 e. The second-order valence-electron chi connectivity index (χ2n) is 6.31. The number of carbonyl (C=O) groups excluding carboxylic acids is 3. The maximum atomic E-state index is 12.4. The topological polar surface area (TPSA) is 116 Å². The Morgan fingerprint density at radius 2 is 1.96 bits per heavy atom. The van der Waals surface area contributed by atoms with E-state index in [1.165, 1.54) is 7.05 Å². The van der Waals surface area contributed by atoms with Crippen LogP contribution in [0, 0.1) is 23.3 Å². The predicted octanol–water partition coefficient (Wildman–Crippen LogP) is 1.86. The van der Waals surface area contributed by atoms with Crippen LogP contribution in [-0.2, 0) is 9.59 Å². The number of para-hydroxylation sites is 1. The van der Waals surface area contributed by atoms with Crippen molar-refractivity contribution in [1.29, 1.82) is 5.26 Å². The van der Waals surface area contributed by atoms with Gasteiger partial charge in [0.15, 0.2) is 6.19 Å². The van der Waals surface area contributed by atoms with E-state index in [1.54, 1.807) is 24.3 Å². The fourth-order valence-electron chi connectivity index (χ4n) is 3.32. The van der Waals surface area contributed by atoms with Gasteiger partial charge in [0.1, 0.15) is 0 Å². The van der Waals surface area contributed by atoms with E-state index in [0.29, 0.717) is 12.1 Å². The van der Waals surface area contributed by atoms with Crippen molar-refractivity contribution in [2.45, 2.75) is 32.1 Å². The number of benzene rings is 1. The molecule has 0 bridgehead atoms. The summed E-state index contributed by atoms with van der Waals surface area (Å²) in [7, 11) is 1.44. The lowest BCUT2D eigenvalue weighted by molar-refractivity contribution is -0.134. The molecule has 1 aromatic rings. The van der Waals surface area contributed by atoms with Crippen LogP contribution in [0.2, 0.25) is 0 Å². The number of amides is 3. The average molecular weight is 342 g/mol. The summed E-state index contributed by atoms with van der Waals surface area (Å²) in [6.07, 6.45) is 5.31. The maximum Gasteiger partial charge on any atom is 0.250 e. The molecule has 0 aromatic heterocycles. The van der Waals surface area contributed by atoms with Crippen LogP contribution >= 0.6 is 0 Å². The van der Waals surface area contributed by atoms with Gasteiger partial charge in [-0.2, -0.15) is 5.26 Å². The van der Waals surface area contributed by atoms with E-state index in [2.05, 4.69) is 5.32 Å². The Hall–Kier alpha value is -2.88. The molecule has 7 nitrogen and oxygen atoms in total. The number of primary amides is 1. The third-order valence-electron chi connectivity index (χ3n) is 4.62. The Labute approximate surface area is 146 Å². The first-order valence-electron chi connectivity index (χ1n) is 8.30. The van der Waals surface area contributed by atoms with Crippen LogP contribution < -0.4 is 11.1 Å². The van der Waals surface area contributed by atoms with Crippen molar-refractivity contribution >= 4 is 23.4 Å². The zero-order valence-electron chi connectivity index (χ0n) is 14.2. The first-order valence-corrected chi connectivity index (χ1v) is 8.30. The van der Waals surface area contributed by atoms with Crippen molar-refractivity contribution in [3.8, 4) is 6.19 Å². The molecule has 0 unspecified atom stereocenters. The van der Waals surface area contributed by atoms with Gasteiger partial charge in [0, 0.05) is 19.4 Å². The van der Waals surface area contributed by atoms with Crippen molar-refractivity contribution in [3.63, 3.8) is 0 Å². The Morgan fingerprint density at radius 3 is 2.64 bits per heavy atom. The number of anilines is 1. The molecule has 7 heteroatoms. The smallest absolute Gasteiger partial charge is 0.250 e. The number of hydrogen-bond donors (Lipinski definition) is 2. The highest BCUT2D eigenvalue weighted by Gasteiger charge is 2.34. The van der Waals surface area contributed by atoms with E-state index in [4.69, 9.17) is 11.0 Å². The molecule has 0 saturated heterocycles. The van der Waals surface area contributed by atoms with Gasteiger partial charge in [-0.25, -0.2) is 0 Å². The number of nitrogens with zero attached hydrogens (tertiary/aromatic N) is 2. The van der Waals surface area contributed by atoms with Gasteiger partial charge < -0.3 is 11.1 Å². The zero-order valence-corrected chi connectivity index (χ0v) is 14.2. The first kappa shape index (κ1) is 18.5. The summed E-state index contributed by atoms with van der Waals surface area (Å²) < 4.78 is 0. The summed E-state index contributed by atoms with van der Waals surface area (Å²) >= 11 is 0. The molecule has 25 heavy (non-hydrogen) atoms. The number of hydrogen-bond acceptors (Lipinski definition) is 4. The summed E-state index contributed by atoms with van der Waals surface area (Å²) in [4.78, 5) is 37.2. The Balaban J connectivity index is 2.07. The Morgan fingerprint density at radius 1 is 1.28 bits per heavy atom. The molecule has 0 heterocycles. The summed E-state index contributed by atoms with van der Waals surface area (Å²) in [6.45, 7) is 0. The van der Waals surface area contributed by atoms with E-state index in [-0.39, 0.29) is 35.6 Å². The molecule has 1 fully saturated rings. The number of carbonyl (C=O) groups is 3. The summed E-state index contributed by atoms with van der Waals surface area (Å²) in [5, 5.41) is 11.6. The van der Waals surface area contributed by atoms with Gasteiger partial charge in [0.25, 0.3) is 5.91 Å². The number of rotatable bonds is 5. The molecular formula is C18H22N4O3. The monoisotopic (exact) mass is 342 g/mol. The molecule has 3 N–H and O–H groups in total. The van der Waals surface area contributed by atoms with Crippen molar-refractivity contribution in [3.05, 3.63) is 29.8 Å². The van der Waals surface area contributed by atoms with Crippen LogP contribution in [0.3, 0.4) is 0 Å². The molecular weight excluding hydrogens is 320 g/mol.